The maximum Gasteiger partial charge on any atom is 0.317 e. The van der Waals surface area contributed by atoms with Crippen LogP contribution >= 0.6 is 11.6 Å². The summed E-state index contributed by atoms with van der Waals surface area (Å²) in [6.45, 7) is 1.76. The van der Waals surface area contributed by atoms with Gasteiger partial charge in [-0.2, -0.15) is 0 Å². The van der Waals surface area contributed by atoms with E-state index in [1.165, 1.54) is 0 Å². The molecule has 3 rings (SSSR count). The zero-order valence-corrected chi connectivity index (χ0v) is 15.0. The second-order valence-electron chi connectivity index (χ2n) is 7.34. The minimum atomic E-state index is -1.13. The molecule has 3 aliphatic rings. The molecule has 2 aliphatic heterocycles. The molecular formula is C18H23ClO6. The number of cyclic esters (lactones) is 1. The first-order valence-corrected chi connectivity index (χ1v) is 9.37. The van der Waals surface area contributed by atoms with E-state index in [2.05, 4.69) is 0 Å². The number of rotatable bonds is 0. The van der Waals surface area contributed by atoms with Gasteiger partial charge in [0.2, 0.25) is 0 Å². The predicted octanol–water partition coefficient (Wildman–Crippen LogP) is 1.99. The van der Waals surface area contributed by atoms with Crippen molar-refractivity contribution >= 4 is 34.9 Å². The standard InChI is InChI=1S/C18H23ClO6/c1-9-6-15-14(25-15)5-3-2-4-10(20)7-11-16(18(23)24-9)12(21)8-13(22)17(11)19/h9,11,14-17H,2-8H2,1H3/t9-,11?,14-,15-,16?,17?/m1/s1. The van der Waals surface area contributed by atoms with Crippen molar-refractivity contribution in [3.63, 3.8) is 0 Å². The molecule has 138 valence electrons. The van der Waals surface area contributed by atoms with Crippen LogP contribution in [-0.2, 0) is 28.7 Å². The second-order valence-corrected chi connectivity index (χ2v) is 7.81. The van der Waals surface area contributed by atoms with Crippen LogP contribution in [0.25, 0.3) is 0 Å². The fourth-order valence-electron chi connectivity index (χ4n) is 3.87. The first-order valence-electron chi connectivity index (χ1n) is 8.94. The SMILES string of the molecule is C[C@@H]1C[C@H]2O[C@@H]2CCCCC(=O)CC2C(Cl)C(=O)CC(=O)C2C(=O)O1. The van der Waals surface area contributed by atoms with Crippen LogP contribution in [0, 0.1) is 11.8 Å². The van der Waals surface area contributed by atoms with E-state index in [4.69, 9.17) is 21.1 Å². The molecule has 0 spiro atoms. The summed E-state index contributed by atoms with van der Waals surface area (Å²) in [5.74, 6) is -3.61. The number of hydrogen-bond acceptors (Lipinski definition) is 6. The van der Waals surface area contributed by atoms with Crippen molar-refractivity contribution in [3.05, 3.63) is 0 Å². The number of fused-ring (bicyclic) bond motifs is 2. The third-order valence-electron chi connectivity index (χ3n) is 5.29. The van der Waals surface area contributed by atoms with Crippen LogP contribution in [0.2, 0.25) is 0 Å². The highest BCUT2D eigenvalue weighted by molar-refractivity contribution is 6.35. The number of carbonyl (C=O) groups excluding carboxylic acids is 4. The van der Waals surface area contributed by atoms with Gasteiger partial charge in [-0.3, -0.25) is 19.2 Å². The number of carbonyl (C=O) groups is 4. The Kier molecular flexibility index (Phi) is 5.58. The number of ketones is 3. The van der Waals surface area contributed by atoms with Crippen LogP contribution < -0.4 is 0 Å². The Bertz CT molecular complexity index is 588. The average Bonchev–Trinajstić information content (AvgIpc) is 3.25. The fraction of sp³-hybridized carbons (Fsp3) is 0.778. The lowest BCUT2D eigenvalue weighted by atomic mass is 9.74. The van der Waals surface area contributed by atoms with Gasteiger partial charge in [-0.05, 0) is 19.8 Å². The van der Waals surface area contributed by atoms with E-state index >= 15 is 0 Å². The lowest BCUT2D eigenvalue weighted by molar-refractivity contribution is -0.160. The largest absolute Gasteiger partial charge is 0.462 e. The Morgan fingerprint density at radius 2 is 1.80 bits per heavy atom. The van der Waals surface area contributed by atoms with Gasteiger partial charge < -0.3 is 9.47 Å². The Balaban J connectivity index is 1.79. The maximum absolute atomic E-state index is 12.6. The molecule has 7 heteroatoms. The van der Waals surface area contributed by atoms with Crippen LogP contribution in [0.3, 0.4) is 0 Å². The van der Waals surface area contributed by atoms with Gasteiger partial charge in [0, 0.05) is 25.2 Å². The van der Waals surface area contributed by atoms with Gasteiger partial charge in [0.1, 0.15) is 17.8 Å². The summed E-state index contributed by atoms with van der Waals surface area (Å²) in [6, 6.07) is 0. The van der Waals surface area contributed by atoms with Gasteiger partial charge in [-0.15, -0.1) is 11.6 Å². The Labute approximate surface area is 151 Å². The van der Waals surface area contributed by atoms with E-state index < -0.39 is 34.7 Å². The van der Waals surface area contributed by atoms with Gasteiger partial charge in [0.25, 0.3) is 0 Å². The van der Waals surface area contributed by atoms with Crippen LogP contribution in [0.4, 0.5) is 0 Å². The monoisotopic (exact) mass is 370 g/mol. The molecule has 2 heterocycles. The fourth-order valence-corrected chi connectivity index (χ4v) is 4.18. The molecule has 0 N–H and O–H groups in total. The zero-order valence-electron chi connectivity index (χ0n) is 14.2. The number of halogens is 1. The van der Waals surface area contributed by atoms with Crippen LogP contribution in [0.15, 0.2) is 0 Å². The van der Waals surface area contributed by atoms with Gasteiger partial charge in [0.15, 0.2) is 11.6 Å². The molecule has 1 saturated carbocycles. The average molecular weight is 371 g/mol. The first-order chi connectivity index (χ1) is 11.9. The molecule has 0 aromatic heterocycles. The van der Waals surface area contributed by atoms with Gasteiger partial charge >= 0.3 is 5.97 Å². The number of epoxide rings is 1. The van der Waals surface area contributed by atoms with Gasteiger partial charge in [-0.25, -0.2) is 0 Å². The molecule has 0 aromatic rings. The van der Waals surface area contributed by atoms with Crippen LogP contribution in [-0.4, -0.2) is 47.0 Å². The predicted molar refractivity (Wildman–Crippen MR) is 88.2 cm³/mol. The maximum atomic E-state index is 12.6. The van der Waals surface area contributed by atoms with Crippen molar-refractivity contribution in [2.45, 2.75) is 75.6 Å². The highest BCUT2D eigenvalue weighted by Crippen LogP contribution is 2.36. The summed E-state index contributed by atoms with van der Waals surface area (Å²) >= 11 is 6.17. The van der Waals surface area contributed by atoms with E-state index in [9.17, 15) is 19.2 Å². The van der Waals surface area contributed by atoms with E-state index in [0.29, 0.717) is 12.8 Å². The number of ether oxygens (including phenoxy) is 2. The molecular weight excluding hydrogens is 348 g/mol. The molecule has 3 unspecified atom stereocenters. The minimum Gasteiger partial charge on any atom is -0.462 e. The van der Waals surface area contributed by atoms with Crippen molar-refractivity contribution in [2.24, 2.45) is 11.8 Å². The van der Waals surface area contributed by atoms with Gasteiger partial charge in [-0.1, -0.05) is 6.42 Å². The molecule has 0 aromatic carbocycles. The van der Waals surface area contributed by atoms with Crippen molar-refractivity contribution in [2.75, 3.05) is 0 Å². The summed E-state index contributed by atoms with van der Waals surface area (Å²) in [7, 11) is 0. The molecule has 0 amide bonds. The zero-order chi connectivity index (χ0) is 18.1. The molecule has 6 atom stereocenters. The van der Waals surface area contributed by atoms with Crippen molar-refractivity contribution in [1.29, 1.82) is 0 Å². The summed E-state index contributed by atoms with van der Waals surface area (Å²) in [5, 5.41) is -1.00. The van der Waals surface area contributed by atoms with Gasteiger partial charge in [0.05, 0.1) is 24.0 Å². The van der Waals surface area contributed by atoms with E-state index in [-0.39, 0.29) is 36.9 Å². The highest BCUT2D eigenvalue weighted by atomic mass is 35.5. The molecule has 0 radical (unpaired) electrons. The van der Waals surface area contributed by atoms with Crippen molar-refractivity contribution < 1.29 is 28.7 Å². The third kappa shape index (κ3) is 4.29. The van der Waals surface area contributed by atoms with E-state index in [1.807, 2.05) is 0 Å². The van der Waals surface area contributed by atoms with E-state index in [1.54, 1.807) is 6.92 Å². The third-order valence-corrected chi connectivity index (χ3v) is 5.85. The minimum absolute atomic E-state index is 0.0393. The summed E-state index contributed by atoms with van der Waals surface area (Å²) in [4.78, 5) is 49.1. The molecule has 2 saturated heterocycles. The number of Topliss-reactive ketones (excluding diaryl/α,β-unsaturated/α-hetero) is 3. The lowest BCUT2D eigenvalue weighted by Gasteiger charge is -2.32. The van der Waals surface area contributed by atoms with Crippen LogP contribution in [0.5, 0.6) is 0 Å². The quantitative estimate of drug-likeness (QED) is 0.280. The van der Waals surface area contributed by atoms with Crippen molar-refractivity contribution in [3.8, 4) is 0 Å². The highest BCUT2D eigenvalue weighted by Gasteiger charge is 2.48. The molecule has 3 fully saturated rings. The summed E-state index contributed by atoms with van der Waals surface area (Å²) in [5.41, 5.74) is 0. The van der Waals surface area contributed by atoms with Crippen LogP contribution in [0.1, 0.15) is 51.9 Å². The topological polar surface area (TPSA) is 90.0 Å². The van der Waals surface area contributed by atoms with Crippen molar-refractivity contribution in [1.82, 2.24) is 0 Å². The molecule has 6 nitrogen and oxygen atoms in total. The lowest BCUT2D eigenvalue weighted by Crippen LogP contribution is -2.47. The number of esters is 1. The Hall–Kier alpha value is -1.27. The Morgan fingerprint density at radius 1 is 1.04 bits per heavy atom. The first kappa shape index (κ1) is 18.5. The summed E-state index contributed by atoms with van der Waals surface area (Å²) in [6.07, 6.45) is 2.90. The molecule has 0 bridgehead atoms. The summed E-state index contributed by atoms with van der Waals surface area (Å²) < 4.78 is 11.0. The smallest absolute Gasteiger partial charge is 0.317 e. The molecule has 1 aliphatic carbocycles. The van der Waals surface area contributed by atoms with E-state index in [0.717, 1.165) is 19.3 Å². The Morgan fingerprint density at radius 3 is 2.56 bits per heavy atom. The normalized spacial score (nSPS) is 40.6. The number of hydrogen-bond donors (Lipinski definition) is 0. The number of alkyl halides is 1. The molecule has 25 heavy (non-hydrogen) atoms. The second kappa shape index (κ2) is 7.54.